The molecule has 1 fully saturated rings. The third-order valence-electron chi connectivity index (χ3n) is 2.77. The SMILES string of the molecule is CN(C)C(=O)CC(=O)N1CCCC1CN. The van der Waals surface area contributed by atoms with Gasteiger partial charge in [-0.05, 0) is 12.8 Å². The van der Waals surface area contributed by atoms with E-state index in [4.69, 9.17) is 5.73 Å². The van der Waals surface area contributed by atoms with Crippen molar-refractivity contribution >= 4 is 11.8 Å². The zero-order valence-electron chi connectivity index (χ0n) is 9.40. The first-order valence-corrected chi connectivity index (χ1v) is 5.26. The second kappa shape index (κ2) is 5.11. The summed E-state index contributed by atoms with van der Waals surface area (Å²) in [5.74, 6) is -0.246. The molecule has 2 amide bonds. The van der Waals surface area contributed by atoms with Crippen molar-refractivity contribution in [3.63, 3.8) is 0 Å². The minimum Gasteiger partial charge on any atom is -0.348 e. The van der Waals surface area contributed by atoms with E-state index in [2.05, 4.69) is 0 Å². The van der Waals surface area contributed by atoms with Gasteiger partial charge < -0.3 is 15.5 Å². The smallest absolute Gasteiger partial charge is 0.232 e. The number of nitrogens with zero attached hydrogens (tertiary/aromatic N) is 2. The largest absolute Gasteiger partial charge is 0.348 e. The highest BCUT2D eigenvalue weighted by molar-refractivity contribution is 5.96. The van der Waals surface area contributed by atoms with Gasteiger partial charge in [-0.3, -0.25) is 9.59 Å². The summed E-state index contributed by atoms with van der Waals surface area (Å²) in [5, 5.41) is 0. The zero-order valence-corrected chi connectivity index (χ0v) is 9.40. The van der Waals surface area contributed by atoms with E-state index in [0.29, 0.717) is 6.54 Å². The number of carbonyl (C=O) groups is 2. The standard InChI is InChI=1S/C10H19N3O2/c1-12(2)9(14)6-10(15)13-5-3-4-8(13)7-11/h8H,3-7,11H2,1-2H3. The van der Waals surface area contributed by atoms with Crippen molar-refractivity contribution in [3.8, 4) is 0 Å². The summed E-state index contributed by atoms with van der Waals surface area (Å²) in [6.07, 6.45) is 1.91. The van der Waals surface area contributed by atoms with E-state index < -0.39 is 0 Å². The lowest BCUT2D eigenvalue weighted by atomic mass is 10.2. The van der Waals surface area contributed by atoms with Crippen LogP contribution >= 0.6 is 0 Å². The topological polar surface area (TPSA) is 66.6 Å². The van der Waals surface area contributed by atoms with Crippen LogP contribution in [0.5, 0.6) is 0 Å². The van der Waals surface area contributed by atoms with E-state index in [9.17, 15) is 9.59 Å². The number of rotatable bonds is 3. The van der Waals surface area contributed by atoms with Gasteiger partial charge in [0.1, 0.15) is 6.42 Å². The molecule has 1 saturated heterocycles. The summed E-state index contributed by atoms with van der Waals surface area (Å²) < 4.78 is 0. The molecule has 1 aliphatic heterocycles. The second-order valence-electron chi connectivity index (χ2n) is 4.08. The van der Waals surface area contributed by atoms with Gasteiger partial charge in [0.15, 0.2) is 0 Å². The quantitative estimate of drug-likeness (QED) is 0.637. The predicted octanol–water partition coefficient (Wildman–Crippen LogP) is -0.586. The molecule has 0 aromatic heterocycles. The normalized spacial score (nSPS) is 20.5. The van der Waals surface area contributed by atoms with Gasteiger partial charge in [-0.15, -0.1) is 0 Å². The Hall–Kier alpha value is -1.10. The highest BCUT2D eigenvalue weighted by Gasteiger charge is 2.28. The number of nitrogens with two attached hydrogens (primary N) is 1. The van der Waals surface area contributed by atoms with Gasteiger partial charge in [0, 0.05) is 33.2 Å². The van der Waals surface area contributed by atoms with Crippen molar-refractivity contribution in [1.29, 1.82) is 0 Å². The van der Waals surface area contributed by atoms with Gasteiger partial charge in [0.2, 0.25) is 11.8 Å². The molecule has 1 atom stereocenters. The Kier molecular flexibility index (Phi) is 4.08. The first-order valence-electron chi connectivity index (χ1n) is 5.26. The molecule has 1 unspecified atom stereocenters. The van der Waals surface area contributed by atoms with Gasteiger partial charge in [-0.2, -0.15) is 0 Å². The molecule has 0 bridgehead atoms. The number of hydrogen-bond donors (Lipinski definition) is 1. The summed E-state index contributed by atoms with van der Waals surface area (Å²) >= 11 is 0. The molecule has 0 spiro atoms. The van der Waals surface area contributed by atoms with Crippen LogP contribution in [0, 0.1) is 0 Å². The summed E-state index contributed by atoms with van der Waals surface area (Å²) in [6.45, 7) is 1.23. The second-order valence-corrected chi connectivity index (χ2v) is 4.08. The molecular weight excluding hydrogens is 194 g/mol. The first-order chi connectivity index (χ1) is 7.06. The van der Waals surface area contributed by atoms with Crippen LogP contribution in [-0.2, 0) is 9.59 Å². The van der Waals surface area contributed by atoms with E-state index in [-0.39, 0.29) is 24.3 Å². The minimum atomic E-state index is -0.150. The number of hydrogen-bond acceptors (Lipinski definition) is 3. The van der Waals surface area contributed by atoms with E-state index >= 15 is 0 Å². The zero-order chi connectivity index (χ0) is 11.4. The molecule has 15 heavy (non-hydrogen) atoms. The van der Waals surface area contributed by atoms with Crippen LogP contribution in [0.4, 0.5) is 0 Å². The van der Waals surface area contributed by atoms with Gasteiger partial charge in [-0.1, -0.05) is 0 Å². The Balaban J connectivity index is 2.49. The molecule has 2 N–H and O–H groups in total. The number of amides is 2. The van der Waals surface area contributed by atoms with Crippen LogP contribution < -0.4 is 5.73 Å². The summed E-state index contributed by atoms with van der Waals surface area (Å²) in [7, 11) is 3.31. The Morgan fingerprint density at radius 1 is 1.47 bits per heavy atom. The van der Waals surface area contributed by atoms with Crippen molar-refractivity contribution in [2.45, 2.75) is 25.3 Å². The lowest BCUT2D eigenvalue weighted by Gasteiger charge is -2.23. The van der Waals surface area contributed by atoms with E-state index in [1.54, 1.807) is 19.0 Å². The summed E-state index contributed by atoms with van der Waals surface area (Å²) in [6, 6.07) is 0.132. The van der Waals surface area contributed by atoms with Crippen LogP contribution in [0.25, 0.3) is 0 Å². The fourth-order valence-electron chi connectivity index (χ4n) is 1.80. The minimum absolute atomic E-state index is 0.0382. The lowest BCUT2D eigenvalue weighted by Crippen LogP contribution is -2.41. The van der Waals surface area contributed by atoms with E-state index in [0.717, 1.165) is 19.4 Å². The van der Waals surface area contributed by atoms with Crippen molar-refractivity contribution in [1.82, 2.24) is 9.80 Å². The molecule has 5 heteroatoms. The average Bonchev–Trinajstić information content (AvgIpc) is 2.64. The van der Waals surface area contributed by atoms with Crippen molar-refractivity contribution in [3.05, 3.63) is 0 Å². The van der Waals surface area contributed by atoms with Crippen LogP contribution in [-0.4, -0.2) is 54.8 Å². The third kappa shape index (κ3) is 2.92. The summed E-state index contributed by atoms with van der Waals surface area (Å²) in [4.78, 5) is 26.3. The summed E-state index contributed by atoms with van der Waals surface area (Å²) in [5.41, 5.74) is 5.56. The Labute approximate surface area is 90.2 Å². The van der Waals surface area contributed by atoms with Gasteiger partial charge >= 0.3 is 0 Å². The molecule has 0 aliphatic carbocycles. The highest BCUT2D eigenvalue weighted by Crippen LogP contribution is 2.17. The Morgan fingerprint density at radius 2 is 2.13 bits per heavy atom. The predicted molar refractivity (Wildman–Crippen MR) is 57.1 cm³/mol. The fourth-order valence-corrected chi connectivity index (χ4v) is 1.80. The van der Waals surface area contributed by atoms with Crippen molar-refractivity contribution < 1.29 is 9.59 Å². The third-order valence-corrected chi connectivity index (χ3v) is 2.77. The van der Waals surface area contributed by atoms with E-state index in [1.165, 1.54) is 4.90 Å². The highest BCUT2D eigenvalue weighted by atomic mass is 16.2. The van der Waals surface area contributed by atoms with Crippen LogP contribution in [0.2, 0.25) is 0 Å². The van der Waals surface area contributed by atoms with Gasteiger partial charge in [0.25, 0.3) is 0 Å². The maximum absolute atomic E-state index is 11.8. The van der Waals surface area contributed by atoms with Crippen molar-refractivity contribution in [2.75, 3.05) is 27.2 Å². The molecule has 5 nitrogen and oxygen atoms in total. The Bertz CT molecular complexity index is 253. The lowest BCUT2D eigenvalue weighted by molar-refractivity contribution is -0.139. The molecule has 1 aliphatic rings. The monoisotopic (exact) mass is 213 g/mol. The maximum atomic E-state index is 11.8. The number of likely N-dealkylation sites (tertiary alicyclic amines) is 1. The van der Waals surface area contributed by atoms with Crippen LogP contribution in [0.3, 0.4) is 0 Å². The molecule has 0 aromatic carbocycles. The van der Waals surface area contributed by atoms with Gasteiger partial charge in [0.05, 0.1) is 0 Å². The molecule has 1 heterocycles. The van der Waals surface area contributed by atoms with Crippen LogP contribution in [0.1, 0.15) is 19.3 Å². The van der Waals surface area contributed by atoms with Crippen LogP contribution in [0.15, 0.2) is 0 Å². The average molecular weight is 213 g/mol. The van der Waals surface area contributed by atoms with Crippen molar-refractivity contribution in [2.24, 2.45) is 5.73 Å². The first kappa shape index (κ1) is 12.0. The van der Waals surface area contributed by atoms with Gasteiger partial charge in [-0.25, -0.2) is 0 Å². The molecule has 0 aromatic rings. The Morgan fingerprint density at radius 3 is 2.67 bits per heavy atom. The molecule has 1 rings (SSSR count). The molecule has 86 valence electrons. The number of carbonyl (C=O) groups excluding carboxylic acids is 2. The molecule has 0 radical (unpaired) electrons. The molecule has 0 saturated carbocycles. The maximum Gasteiger partial charge on any atom is 0.232 e. The fraction of sp³-hybridized carbons (Fsp3) is 0.800. The van der Waals surface area contributed by atoms with E-state index in [1.807, 2.05) is 0 Å². The molecular formula is C10H19N3O2.